The first-order valence-electron chi connectivity index (χ1n) is 6.41. The Morgan fingerprint density at radius 1 is 1.19 bits per heavy atom. The highest BCUT2D eigenvalue weighted by Gasteiger charge is 2.48. The summed E-state index contributed by atoms with van der Waals surface area (Å²) < 4.78 is 4.93. The van der Waals surface area contributed by atoms with Crippen LogP contribution in [0, 0.1) is 17.8 Å². The molecule has 16 heavy (non-hydrogen) atoms. The zero-order valence-electron chi connectivity index (χ0n) is 9.91. The predicted octanol–water partition coefficient (Wildman–Crippen LogP) is 2.33. The van der Waals surface area contributed by atoms with E-state index in [9.17, 15) is 9.59 Å². The number of rotatable bonds is 5. The normalized spacial score (nSPS) is 29.1. The van der Waals surface area contributed by atoms with Crippen molar-refractivity contribution >= 4 is 11.8 Å². The number of carbonyl (C=O) groups excluding carboxylic acids is 2. The molecule has 2 aliphatic rings. The van der Waals surface area contributed by atoms with E-state index in [2.05, 4.69) is 0 Å². The third kappa shape index (κ3) is 2.63. The van der Waals surface area contributed by atoms with Gasteiger partial charge in [-0.3, -0.25) is 9.59 Å². The molecule has 0 heterocycles. The van der Waals surface area contributed by atoms with Gasteiger partial charge in [-0.25, -0.2) is 0 Å². The maximum atomic E-state index is 11.9. The van der Waals surface area contributed by atoms with E-state index in [0.717, 1.165) is 6.42 Å². The summed E-state index contributed by atoms with van der Waals surface area (Å²) in [5.74, 6) is 0.585. The molecule has 2 saturated carbocycles. The minimum Gasteiger partial charge on any atom is -0.466 e. The van der Waals surface area contributed by atoms with Crippen LogP contribution < -0.4 is 0 Å². The lowest BCUT2D eigenvalue weighted by atomic mass is 9.98. The third-order valence-corrected chi connectivity index (χ3v) is 3.76. The van der Waals surface area contributed by atoms with Gasteiger partial charge in [0.25, 0.3) is 0 Å². The lowest BCUT2D eigenvalue weighted by Gasteiger charge is -2.07. The Balaban J connectivity index is 1.73. The summed E-state index contributed by atoms with van der Waals surface area (Å²) >= 11 is 0. The molecular weight excluding hydrogens is 204 g/mol. The Kier molecular flexibility index (Phi) is 3.62. The van der Waals surface area contributed by atoms with Crippen molar-refractivity contribution in [3.63, 3.8) is 0 Å². The van der Waals surface area contributed by atoms with Crippen molar-refractivity contribution in [2.45, 2.75) is 45.4 Å². The average molecular weight is 224 g/mol. The van der Waals surface area contributed by atoms with E-state index in [0.29, 0.717) is 24.7 Å². The Morgan fingerprint density at radius 3 is 2.50 bits per heavy atom. The lowest BCUT2D eigenvalue weighted by molar-refractivity contribution is -0.145. The Morgan fingerprint density at radius 2 is 1.88 bits per heavy atom. The van der Waals surface area contributed by atoms with Crippen molar-refractivity contribution in [2.75, 3.05) is 6.61 Å². The van der Waals surface area contributed by atoms with E-state index < -0.39 is 0 Å². The average Bonchev–Trinajstić information content (AvgIpc) is 2.91. The van der Waals surface area contributed by atoms with Crippen LogP contribution in [0.15, 0.2) is 0 Å². The van der Waals surface area contributed by atoms with Gasteiger partial charge in [-0.1, -0.05) is 25.7 Å². The van der Waals surface area contributed by atoms with Gasteiger partial charge >= 0.3 is 5.97 Å². The maximum absolute atomic E-state index is 11.9. The van der Waals surface area contributed by atoms with Crippen LogP contribution >= 0.6 is 0 Å². The smallest absolute Gasteiger partial charge is 0.309 e. The van der Waals surface area contributed by atoms with Gasteiger partial charge in [-0.2, -0.15) is 0 Å². The summed E-state index contributed by atoms with van der Waals surface area (Å²) in [6.45, 7) is 2.22. The van der Waals surface area contributed by atoms with E-state index in [1.807, 2.05) is 0 Å². The van der Waals surface area contributed by atoms with Crippen LogP contribution in [0.3, 0.4) is 0 Å². The highest BCUT2D eigenvalue weighted by atomic mass is 16.5. The molecule has 0 saturated heterocycles. The first kappa shape index (κ1) is 11.6. The first-order chi connectivity index (χ1) is 7.72. The van der Waals surface area contributed by atoms with Crippen LogP contribution in [0.25, 0.3) is 0 Å². The van der Waals surface area contributed by atoms with Gasteiger partial charge in [-0.05, 0) is 19.3 Å². The second-order valence-electron chi connectivity index (χ2n) is 5.02. The molecule has 0 aromatic carbocycles. The van der Waals surface area contributed by atoms with Gasteiger partial charge < -0.3 is 4.74 Å². The number of hydrogen-bond donors (Lipinski definition) is 0. The highest BCUT2D eigenvalue weighted by molar-refractivity contribution is 5.91. The van der Waals surface area contributed by atoms with Gasteiger partial charge in [0.2, 0.25) is 0 Å². The lowest BCUT2D eigenvalue weighted by Crippen LogP contribution is -2.13. The number of Topliss-reactive ketones (excluding diaryl/α,β-unsaturated/α-hetero) is 1. The number of hydrogen-bond acceptors (Lipinski definition) is 3. The minimum atomic E-state index is -0.174. The molecule has 2 atom stereocenters. The Hall–Kier alpha value is -0.860. The second kappa shape index (κ2) is 4.98. The van der Waals surface area contributed by atoms with Gasteiger partial charge in [0.05, 0.1) is 12.5 Å². The number of carbonyl (C=O) groups is 2. The Labute approximate surface area is 96.5 Å². The summed E-state index contributed by atoms with van der Waals surface area (Å²) in [6, 6.07) is 0. The minimum absolute atomic E-state index is 0.0142. The standard InChI is InChI=1S/C13H20O3/c1-2-16-13(15)11-8-10(11)12(14)7-9-5-3-4-6-9/h9-11H,2-8H2,1H3/t10-,11-/m0/s1. The number of esters is 1. The molecule has 0 spiro atoms. The SMILES string of the molecule is CCOC(=O)[C@H]1C[C@@H]1C(=O)CC1CCCC1. The molecule has 90 valence electrons. The Bertz CT molecular complexity index is 279. The number of ether oxygens (including phenoxy) is 1. The topological polar surface area (TPSA) is 43.4 Å². The first-order valence-corrected chi connectivity index (χ1v) is 6.41. The van der Waals surface area contributed by atoms with E-state index in [4.69, 9.17) is 4.74 Å². The molecule has 2 fully saturated rings. The van der Waals surface area contributed by atoms with Crippen LogP contribution in [0.1, 0.15) is 45.4 Å². The van der Waals surface area contributed by atoms with Crippen molar-refractivity contribution in [1.29, 1.82) is 0 Å². The molecule has 3 nitrogen and oxygen atoms in total. The van der Waals surface area contributed by atoms with Crippen LogP contribution in [-0.4, -0.2) is 18.4 Å². The van der Waals surface area contributed by atoms with Crippen LogP contribution in [0.2, 0.25) is 0 Å². The molecule has 0 aromatic rings. The summed E-state index contributed by atoms with van der Waals surface area (Å²) in [7, 11) is 0. The molecule has 0 aliphatic heterocycles. The molecule has 3 heteroatoms. The largest absolute Gasteiger partial charge is 0.466 e. The predicted molar refractivity (Wildman–Crippen MR) is 59.8 cm³/mol. The third-order valence-electron chi connectivity index (χ3n) is 3.76. The summed E-state index contributed by atoms with van der Waals surface area (Å²) in [4.78, 5) is 23.3. The summed E-state index contributed by atoms with van der Waals surface area (Å²) in [6.07, 6.45) is 6.35. The quantitative estimate of drug-likeness (QED) is 0.673. The molecule has 0 N–H and O–H groups in total. The van der Waals surface area contributed by atoms with Crippen LogP contribution in [0.4, 0.5) is 0 Å². The van der Waals surface area contributed by atoms with E-state index >= 15 is 0 Å². The molecule has 0 unspecified atom stereocenters. The molecular formula is C13H20O3. The van der Waals surface area contributed by atoms with Crippen molar-refractivity contribution in [1.82, 2.24) is 0 Å². The fraction of sp³-hybridized carbons (Fsp3) is 0.846. The molecule has 0 bridgehead atoms. The molecule has 0 amide bonds. The number of ketones is 1. The van der Waals surface area contributed by atoms with E-state index in [1.54, 1.807) is 6.92 Å². The van der Waals surface area contributed by atoms with Crippen molar-refractivity contribution < 1.29 is 14.3 Å². The summed E-state index contributed by atoms with van der Waals surface area (Å²) in [5, 5.41) is 0. The molecule has 2 rings (SSSR count). The molecule has 0 radical (unpaired) electrons. The van der Waals surface area contributed by atoms with Gasteiger partial charge in [0.15, 0.2) is 0 Å². The van der Waals surface area contributed by atoms with Crippen molar-refractivity contribution in [3.05, 3.63) is 0 Å². The van der Waals surface area contributed by atoms with Gasteiger partial charge in [0, 0.05) is 12.3 Å². The van der Waals surface area contributed by atoms with E-state index in [-0.39, 0.29) is 17.8 Å². The summed E-state index contributed by atoms with van der Waals surface area (Å²) in [5.41, 5.74) is 0. The second-order valence-corrected chi connectivity index (χ2v) is 5.02. The fourth-order valence-electron chi connectivity index (χ4n) is 2.71. The van der Waals surface area contributed by atoms with Crippen LogP contribution in [0.5, 0.6) is 0 Å². The molecule has 0 aromatic heterocycles. The van der Waals surface area contributed by atoms with Crippen LogP contribution in [-0.2, 0) is 14.3 Å². The van der Waals surface area contributed by atoms with E-state index in [1.165, 1.54) is 25.7 Å². The zero-order chi connectivity index (χ0) is 11.5. The van der Waals surface area contributed by atoms with Crippen molar-refractivity contribution in [2.24, 2.45) is 17.8 Å². The molecule has 2 aliphatic carbocycles. The maximum Gasteiger partial charge on any atom is 0.309 e. The van der Waals surface area contributed by atoms with Crippen molar-refractivity contribution in [3.8, 4) is 0 Å². The highest BCUT2D eigenvalue weighted by Crippen LogP contribution is 2.42. The monoisotopic (exact) mass is 224 g/mol. The van der Waals surface area contributed by atoms with Gasteiger partial charge in [-0.15, -0.1) is 0 Å². The van der Waals surface area contributed by atoms with Gasteiger partial charge in [0.1, 0.15) is 5.78 Å². The zero-order valence-corrected chi connectivity index (χ0v) is 9.91. The fourth-order valence-corrected chi connectivity index (χ4v) is 2.71.